The zero-order valence-corrected chi connectivity index (χ0v) is 8.81. The second kappa shape index (κ2) is 4.80. The van der Waals surface area contributed by atoms with Crippen molar-refractivity contribution in [3.05, 3.63) is 41.5 Å². The summed E-state index contributed by atoms with van der Waals surface area (Å²) in [6.07, 6.45) is 0. The SMILES string of the molecule is CC(NCc1ccccc1F)c1nn[nH]n1. The first-order valence-electron chi connectivity index (χ1n) is 4.97. The Morgan fingerprint density at radius 2 is 2.25 bits per heavy atom. The van der Waals surface area contributed by atoms with E-state index in [1.165, 1.54) is 6.07 Å². The van der Waals surface area contributed by atoms with Gasteiger partial charge in [-0.1, -0.05) is 23.4 Å². The maximum atomic E-state index is 13.3. The number of aromatic nitrogens is 4. The highest BCUT2D eigenvalue weighted by Crippen LogP contribution is 2.09. The van der Waals surface area contributed by atoms with Crippen LogP contribution in [0.3, 0.4) is 0 Å². The Morgan fingerprint density at radius 1 is 1.44 bits per heavy atom. The lowest BCUT2D eigenvalue weighted by Crippen LogP contribution is -2.19. The minimum Gasteiger partial charge on any atom is -0.303 e. The molecule has 1 aromatic heterocycles. The number of H-pyrrole nitrogens is 1. The van der Waals surface area contributed by atoms with E-state index in [2.05, 4.69) is 25.9 Å². The fourth-order valence-electron chi connectivity index (χ4n) is 1.35. The lowest BCUT2D eigenvalue weighted by Gasteiger charge is -2.09. The molecule has 0 spiro atoms. The van der Waals surface area contributed by atoms with Gasteiger partial charge in [0.2, 0.25) is 0 Å². The molecule has 0 amide bonds. The van der Waals surface area contributed by atoms with Gasteiger partial charge in [-0.2, -0.15) is 5.21 Å². The summed E-state index contributed by atoms with van der Waals surface area (Å²) in [5.74, 6) is 0.353. The summed E-state index contributed by atoms with van der Waals surface area (Å²) in [6.45, 7) is 2.33. The molecule has 0 aliphatic heterocycles. The van der Waals surface area contributed by atoms with E-state index in [1.54, 1.807) is 18.2 Å². The fourth-order valence-corrected chi connectivity index (χ4v) is 1.35. The van der Waals surface area contributed by atoms with Crippen LogP contribution >= 0.6 is 0 Å². The van der Waals surface area contributed by atoms with Gasteiger partial charge in [-0.25, -0.2) is 4.39 Å². The average Bonchev–Trinajstić information content (AvgIpc) is 2.81. The monoisotopic (exact) mass is 221 g/mol. The number of halogens is 1. The molecule has 1 aromatic carbocycles. The van der Waals surface area contributed by atoms with Crippen LogP contribution in [0.5, 0.6) is 0 Å². The molecule has 0 bridgehead atoms. The molecule has 0 radical (unpaired) electrons. The third-order valence-corrected chi connectivity index (χ3v) is 2.31. The molecule has 6 heteroatoms. The summed E-state index contributed by atoms with van der Waals surface area (Å²) in [7, 11) is 0. The van der Waals surface area contributed by atoms with Crippen molar-refractivity contribution in [3.63, 3.8) is 0 Å². The van der Waals surface area contributed by atoms with Crippen LogP contribution in [0.2, 0.25) is 0 Å². The topological polar surface area (TPSA) is 66.5 Å². The maximum absolute atomic E-state index is 13.3. The van der Waals surface area contributed by atoms with Gasteiger partial charge in [0, 0.05) is 12.1 Å². The van der Waals surface area contributed by atoms with Crippen LogP contribution in [0.1, 0.15) is 24.4 Å². The lowest BCUT2D eigenvalue weighted by atomic mass is 10.2. The Kier molecular flexibility index (Phi) is 3.21. The number of aromatic amines is 1. The molecule has 2 rings (SSSR count). The summed E-state index contributed by atoms with van der Waals surface area (Å²) in [5, 5.41) is 16.7. The predicted molar refractivity (Wildman–Crippen MR) is 55.8 cm³/mol. The van der Waals surface area contributed by atoms with Crippen LogP contribution < -0.4 is 5.32 Å². The molecule has 0 saturated carbocycles. The minimum absolute atomic E-state index is 0.0710. The van der Waals surface area contributed by atoms with Crippen molar-refractivity contribution >= 4 is 0 Å². The summed E-state index contributed by atoms with van der Waals surface area (Å²) in [4.78, 5) is 0. The van der Waals surface area contributed by atoms with E-state index in [1.807, 2.05) is 6.92 Å². The zero-order valence-electron chi connectivity index (χ0n) is 8.81. The second-order valence-electron chi connectivity index (χ2n) is 3.46. The highest BCUT2D eigenvalue weighted by Gasteiger charge is 2.10. The first-order chi connectivity index (χ1) is 7.77. The highest BCUT2D eigenvalue weighted by atomic mass is 19.1. The average molecular weight is 221 g/mol. The molecule has 1 unspecified atom stereocenters. The molecule has 0 saturated heterocycles. The molecule has 1 atom stereocenters. The van der Waals surface area contributed by atoms with Gasteiger partial charge >= 0.3 is 0 Å². The Labute approximate surface area is 92.1 Å². The van der Waals surface area contributed by atoms with Crippen molar-refractivity contribution in [1.82, 2.24) is 25.9 Å². The quantitative estimate of drug-likeness (QED) is 0.813. The molecule has 1 heterocycles. The molecule has 2 aromatic rings. The number of rotatable bonds is 4. The molecule has 16 heavy (non-hydrogen) atoms. The molecule has 5 nitrogen and oxygen atoms in total. The van der Waals surface area contributed by atoms with Crippen molar-refractivity contribution in [3.8, 4) is 0 Å². The largest absolute Gasteiger partial charge is 0.303 e. The third-order valence-electron chi connectivity index (χ3n) is 2.31. The van der Waals surface area contributed by atoms with E-state index in [0.29, 0.717) is 17.9 Å². The van der Waals surface area contributed by atoms with Gasteiger partial charge in [0.15, 0.2) is 5.82 Å². The standard InChI is InChI=1S/C10H12FN5/c1-7(10-13-15-16-14-10)12-6-8-4-2-3-5-9(8)11/h2-5,7,12H,6H2,1H3,(H,13,14,15,16). The lowest BCUT2D eigenvalue weighted by molar-refractivity contribution is 0.526. The van der Waals surface area contributed by atoms with Gasteiger partial charge in [0.05, 0.1) is 6.04 Å². The second-order valence-corrected chi connectivity index (χ2v) is 3.46. The molecule has 0 aliphatic carbocycles. The molecule has 84 valence electrons. The van der Waals surface area contributed by atoms with E-state index < -0.39 is 0 Å². The number of nitrogens with one attached hydrogen (secondary N) is 2. The molecule has 0 fully saturated rings. The summed E-state index contributed by atoms with van der Waals surface area (Å²) in [5.41, 5.74) is 0.623. The third kappa shape index (κ3) is 2.40. The molecule has 0 aliphatic rings. The normalized spacial score (nSPS) is 12.6. The van der Waals surface area contributed by atoms with Crippen molar-refractivity contribution < 1.29 is 4.39 Å². The Hall–Kier alpha value is -1.82. The molecule has 2 N–H and O–H groups in total. The van der Waals surface area contributed by atoms with E-state index in [9.17, 15) is 4.39 Å². The Morgan fingerprint density at radius 3 is 2.94 bits per heavy atom. The Balaban J connectivity index is 1.95. The van der Waals surface area contributed by atoms with Crippen LogP contribution in [0.25, 0.3) is 0 Å². The number of benzene rings is 1. The van der Waals surface area contributed by atoms with Gasteiger partial charge in [0.25, 0.3) is 0 Å². The number of tetrazole rings is 1. The van der Waals surface area contributed by atoms with E-state index in [4.69, 9.17) is 0 Å². The highest BCUT2D eigenvalue weighted by molar-refractivity contribution is 5.17. The van der Waals surface area contributed by atoms with Gasteiger partial charge in [0.1, 0.15) is 5.82 Å². The van der Waals surface area contributed by atoms with Crippen molar-refractivity contribution in [2.75, 3.05) is 0 Å². The molecular weight excluding hydrogens is 209 g/mol. The number of nitrogens with zero attached hydrogens (tertiary/aromatic N) is 3. The van der Waals surface area contributed by atoms with Gasteiger partial charge in [-0.05, 0) is 13.0 Å². The minimum atomic E-state index is -0.213. The van der Waals surface area contributed by atoms with Crippen LogP contribution in [0.4, 0.5) is 4.39 Å². The predicted octanol–water partition coefficient (Wildman–Crippen LogP) is 1.19. The van der Waals surface area contributed by atoms with Crippen LogP contribution in [-0.4, -0.2) is 20.6 Å². The number of hydrogen-bond acceptors (Lipinski definition) is 4. The summed E-state index contributed by atoms with van der Waals surface area (Å²) < 4.78 is 13.3. The van der Waals surface area contributed by atoms with E-state index in [-0.39, 0.29) is 11.9 Å². The first kappa shape index (κ1) is 10.7. The van der Waals surface area contributed by atoms with Crippen molar-refractivity contribution in [1.29, 1.82) is 0 Å². The van der Waals surface area contributed by atoms with Crippen LogP contribution in [0.15, 0.2) is 24.3 Å². The fraction of sp³-hybridized carbons (Fsp3) is 0.300. The maximum Gasteiger partial charge on any atom is 0.191 e. The van der Waals surface area contributed by atoms with Crippen LogP contribution in [-0.2, 0) is 6.54 Å². The van der Waals surface area contributed by atoms with Crippen LogP contribution in [0, 0.1) is 5.82 Å². The zero-order chi connectivity index (χ0) is 11.4. The molecular formula is C10H12FN5. The smallest absolute Gasteiger partial charge is 0.191 e. The first-order valence-corrected chi connectivity index (χ1v) is 4.97. The van der Waals surface area contributed by atoms with E-state index in [0.717, 1.165) is 0 Å². The van der Waals surface area contributed by atoms with Crippen molar-refractivity contribution in [2.45, 2.75) is 19.5 Å². The van der Waals surface area contributed by atoms with Gasteiger partial charge < -0.3 is 5.32 Å². The van der Waals surface area contributed by atoms with Gasteiger partial charge in [-0.3, -0.25) is 0 Å². The van der Waals surface area contributed by atoms with Gasteiger partial charge in [-0.15, -0.1) is 10.2 Å². The summed E-state index contributed by atoms with van der Waals surface area (Å²) in [6, 6.07) is 6.58. The summed E-state index contributed by atoms with van der Waals surface area (Å²) >= 11 is 0. The number of hydrogen-bond donors (Lipinski definition) is 2. The Bertz CT molecular complexity index is 442. The van der Waals surface area contributed by atoms with Crippen molar-refractivity contribution in [2.24, 2.45) is 0 Å². The van der Waals surface area contributed by atoms with E-state index >= 15 is 0 Å².